The van der Waals surface area contributed by atoms with Crippen LogP contribution in [-0.2, 0) is 32.9 Å². The fraction of sp³-hybridized carbons (Fsp3) is 0.302. The summed E-state index contributed by atoms with van der Waals surface area (Å²) in [5, 5.41) is 27.7. The van der Waals surface area contributed by atoms with E-state index in [9.17, 15) is 46.7 Å². The third-order valence-corrected chi connectivity index (χ3v) is 28.1. The number of anilines is 2. The number of allylic oxidation sites excluding steroid dienone is 2. The Labute approximate surface area is 750 Å². The zero-order valence-corrected chi connectivity index (χ0v) is 74.3. The summed E-state index contributed by atoms with van der Waals surface area (Å²) < 4.78 is 89.7. The van der Waals surface area contributed by atoms with Crippen molar-refractivity contribution in [3.8, 4) is 40.2 Å². The number of hydrogen-bond acceptors (Lipinski definition) is 22. The number of hydrogen-bond donors (Lipinski definition) is 4. The molecule has 7 aromatic carbocycles. The maximum absolute atomic E-state index is 14.1. The number of aromatic nitrogens is 5. The molecule has 9 heterocycles. The molecule has 4 aliphatic heterocycles. The first-order valence-electron chi connectivity index (χ1n) is 42.5. The number of nitro benzene ring substituents is 2. The number of nitrogens with one attached hydrogen (secondary N) is 4. The minimum absolute atomic E-state index is 0.0565. The van der Waals surface area contributed by atoms with Gasteiger partial charge in [0, 0.05) is 170 Å². The van der Waals surface area contributed by atoms with E-state index in [0.717, 1.165) is 128 Å². The predicted octanol–water partition coefficient (Wildman–Crippen LogP) is 18.5. The Bertz CT molecular complexity index is 6570. The summed E-state index contributed by atoms with van der Waals surface area (Å²) in [5.74, 6) is -0.728. The normalized spacial score (nSPS) is 17.7. The van der Waals surface area contributed by atoms with Gasteiger partial charge in [-0.05, 0) is 187 Å². The van der Waals surface area contributed by atoms with Gasteiger partial charge >= 0.3 is 0 Å². The van der Waals surface area contributed by atoms with Crippen LogP contribution in [0, 0.1) is 31.1 Å². The smallest absolute Gasteiger partial charge is 0.277 e. The zero-order valence-electron chi connectivity index (χ0n) is 71.1. The standard InChI is InChI=1S/C49H49ClN6O8S.C47H46ClN7O7S/c1-49(2)16-14-34(43(27-49)32-4-8-36(50)9-5-32)29-54-18-20-55(21-19-54)37-10-13-41(46(24-37)64-39-22-33-15-17-51-47(33)52-28-39)48(57)53-65(60,61)40-25-44(56(58)59)42-23-35(30-63-45(42)26-40)31-6-11-38(62-3)12-7-31;1-47(2)14-12-32(40(26-47)30-6-8-34(48)9-7-30)28-53-17-19-54(20-18-53)35-10-11-38(44(23-35)62-36-21-31-13-16-50-45(31)51-27-36)46(56)52-63(59,60)37-24-42(55(57)58)39-22-33(29-61-43(39)25-37)41-5-3-4-15-49-41/h4-13,15,17,22,24-26,28,35H,14,16,18-21,23,27,29-30H2,1-3H3,(H,51,52)(H,53,57);3-11,13,15-16,21,23-25,27,33H,12,14,17-20,22,26,28-29H2,1-2H3,(H,50,51)(H,52,56)/t35-;33-/m10/s1. The summed E-state index contributed by atoms with van der Waals surface area (Å²) in [7, 11) is -7.74. The summed E-state index contributed by atoms with van der Waals surface area (Å²) in [6.07, 6.45) is 15.0. The van der Waals surface area contributed by atoms with Crippen molar-refractivity contribution in [1.29, 1.82) is 0 Å². The lowest BCUT2D eigenvalue weighted by Crippen LogP contribution is -2.47. The molecule has 28 nitrogen and oxygen atoms in total. The third kappa shape index (κ3) is 19.7. The van der Waals surface area contributed by atoms with E-state index in [1.165, 1.54) is 70.1 Å². The second-order valence-corrected chi connectivity index (χ2v) is 39.0. The van der Waals surface area contributed by atoms with E-state index in [2.05, 4.69) is 106 Å². The number of rotatable bonds is 23. The summed E-state index contributed by atoms with van der Waals surface area (Å²) in [6.45, 7) is 17.5. The molecule has 2 aliphatic carbocycles. The van der Waals surface area contributed by atoms with Crippen molar-refractivity contribution in [3.63, 3.8) is 0 Å². The Morgan fingerprint density at radius 1 is 0.531 bits per heavy atom. The summed E-state index contributed by atoms with van der Waals surface area (Å²) in [6, 6.07) is 50.8. The van der Waals surface area contributed by atoms with Gasteiger partial charge in [0.2, 0.25) is 0 Å². The highest BCUT2D eigenvalue weighted by Crippen LogP contribution is 2.48. The van der Waals surface area contributed by atoms with E-state index < -0.39 is 62.9 Å². The Hall–Kier alpha value is -12.7. The number of H-pyrrole nitrogens is 2. The summed E-state index contributed by atoms with van der Waals surface area (Å²) >= 11 is 12.5. The lowest BCUT2D eigenvalue weighted by atomic mass is 9.72. The molecule has 0 unspecified atom stereocenters. The van der Waals surface area contributed by atoms with Crippen LogP contribution in [0.3, 0.4) is 0 Å². The molecular weight excluding hydrogens is 1710 g/mol. The molecule has 4 N–H and O–H groups in total. The molecule has 18 rings (SSSR count). The number of benzene rings is 7. The van der Waals surface area contributed by atoms with Crippen molar-refractivity contribution in [1.82, 2.24) is 44.2 Å². The Kier molecular flexibility index (Phi) is 25.0. The Balaban J connectivity index is 0.000000180. The number of pyridine rings is 3. The monoisotopic (exact) mass is 1800 g/mol. The topological polar surface area (TPSA) is 342 Å². The number of methoxy groups -OCH3 is 1. The molecule has 2 fully saturated rings. The van der Waals surface area contributed by atoms with Crippen LogP contribution in [0.5, 0.6) is 40.2 Å². The predicted molar refractivity (Wildman–Crippen MR) is 491 cm³/mol. The molecule has 0 spiro atoms. The van der Waals surface area contributed by atoms with Crippen LogP contribution < -0.4 is 42.9 Å². The number of amides is 2. The average molecular weight is 1810 g/mol. The first-order valence-corrected chi connectivity index (χ1v) is 46.2. The second kappa shape index (κ2) is 36.6. The molecule has 128 heavy (non-hydrogen) atoms. The number of nitrogens with zero attached hydrogens (tertiary/aromatic N) is 9. The van der Waals surface area contributed by atoms with Crippen molar-refractivity contribution < 1.29 is 60.0 Å². The number of carbonyl (C=O) groups excluding carboxylic acids is 2. The van der Waals surface area contributed by atoms with Gasteiger partial charge in [0.25, 0.3) is 43.2 Å². The van der Waals surface area contributed by atoms with Crippen molar-refractivity contribution in [3.05, 3.63) is 293 Å². The van der Waals surface area contributed by atoms with E-state index in [1.807, 2.05) is 60.7 Å². The molecule has 6 aliphatic rings. The van der Waals surface area contributed by atoms with Crippen LogP contribution in [0.1, 0.15) is 132 Å². The lowest BCUT2D eigenvalue weighted by Gasteiger charge is -2.39. The van der Waals surface area contributed by atoms with E-state index in [4.69, 9.17) is 46.9 Å². The van der Waals surface area contributed by atoms with Gasteiger partial charge < -0.3 is 43.5 Å². The molecule has 2 amide bonds. The highest BCUT2D eigenvalue weighted by Gasteiger charge is 2.38. The summed E-state index contributed by atoms with van der Waals surface area (Å²) in [4.78, 5) is 79.3. The van der Waals surface area contributed by atoms with E-state index in [-0.39, 0.29) is 94.0 Å². The van der Waals surface area contributed by atoms with Crippen LogP contribution in [0.25, 0.3) is 33.2 Å². The molecule has 0 radical (unpaired) electrons. The molecule has 32 heteroatoms. The first-order chi connectivity index (χ1) is 61.5. The van der Waals surface area contributed by atoms with Gasteiger partial charge in [-0.15, -0.1) is 0 Å². The third-order valence-electron chi connectivity index (χ3n) is 24.9. The molecule has 2 atom stereocenters. The first kappa shape index (κ1) is 87.4. The van der Waals surface area contributed by atoms with Crippen molar-refractivity contribution in [2.75, 3.05) is 95.6 Å². The van der Waals surface area contributed by atoms with Gasteiger partial charge in [0.05, 0.1) is 74.6 Å². The molecule has 5 aromatic heterocycles. The average Bonchev–Trinajstić information content (AvgIpc) is 0.991. The minimum Gasteiger partial charge on any atom is -0.497 e. The fourth-order valence-corrected chi connectivity index (χ4v) is 20.1. The number of aromatic amines is 2. The number of piperazine rings is 2. The number of ether oxygens (including phenoxy) is 5. The number of carbonyl (C=O) groups is 2. The number of halogens is 2. The van der Waals surface area contributed by atoms with Crippen molar-refractivity contribution in [2.45, 2.75) is 101 Å². The highest BCUT2D eigenvalue weighted by atomic mass is 35.5. The maximum Gasteiger partial charge on any atom is 0.277 e. The largest absolute Gasteiger partial charge is 0.497 e. The lowest BCUT2D eigenvalue weighted by molar-refractivity contribution is -0.386. The van der Waals surface area contributed by atoms with Gasteiger partial charge in [-0.2, -0.15) is 0 Å². The van der Waals surface area contributed by atoms with Crippen LogP contribution in [-0.4, -0.2) is 159 Å². The molecule has 0 bridgehead atoms. The van der Waals surface area contributed by atoms with Gasteiger partial charge in [0.1, 0.15) is 51.5 Å². The van der Waals surface area contributed by atoms with E-state index in [1.54, 1.807) is 80.3 Å². The Morgan fingerprint density at radius 3 is 1.41 bits per heavy atom. The van der Waals surface area contributed by atoms with Gasteiger partial charge in [-0.25, -0.2) is 36.2 Å². The maximum atomic E-state index is 14.1. The molecular formula is C96H95Cl2N13O15S2. The Morgan fingerprint density at radius 2 is 0.977 bits per heavy atom. The summed E-state index contributed by atoms with van der Waals surface area (Å²) in [5.41, 5.74) is 12.7. The number of sulfonamides is 2. The minimum atomic E-state index is -4.66. The van der Waals surface area contributed by atoms with Crippen molar-refractivity contribution in [2.24, 2.45) is 10.8 Å². The van der Waals surface area contributed by atoms with Crippen molar-refractivity contribution >= 4 is 111 Å². The highest BCUT2D eigenvalue weighted by molar-refractivity contribution is 7.90. The zero-order chi connectivity index (χ0) is 89.3. The molecule has 2 saturated heterocycles. The fourth-order valence-electron chi connectivity index (χ4n) is 17.8. The molecule has 0 saturated carbocycles. The van der Waals surface area contributed by atoms with Crippen LogP contribution in [0.15, 0.2) is 228 Å². The number of fused-ring (bicyclic) bond motifs is 4. The van der Waals surface area contributed by atoms with Gasteiger partial charge in [-0.1, -0.05) is 105 Å². The van der Waals surface area contributed by atoms with Gasteiger partial charge in [0.15, 0.2) is 0 Å². The second-order valence-electron chi connectivity index (χ2n) is 34.8. The van der Waals surface area contributed by atoms with Crippen LogP contribution >= 0.6 is 23.2 Å². The quantitative estimate of drug-likeness (QED) is 0.0341. The van der Waals surface area contributed by atoms with E-state index >= 15 is 0 Å². The molecule has 12 aromatic rings. The van der Waals surface area contributed by atoms with E-state index in [0.29, 0.717) is 60.4 Å². The van der Waals surface area contributed by atoms with Crippen LogP contribution in [0.2, 0.25) is 10.0 Å². The van der Waals surface area contributed by atoms with Gasteiger partial charge in [-0.3, -0.25) is 44.6 Å². The number of nitro groups is 2. The molecule has 660 valence electrons. The SMILES string of the molecule is CC1(C)CCC(CN2CCN(c3ccc(C(=O)NS(=O)(=O)c4cc5c(c([N+](=O)[O-])c4)C[C@H](c4ccccn4)CO5)c(Oc4cnc5[nH]ccc5c4)c3)CC2)=C(c2ccc(Cl)cc2)C1.COc1ccc([C@H]2COc3cc(S(=O)(=O)NC(=O)c4ccc(N5CCN(CC6=C(c7ccc(Cl)cc7)CC(C)(C)CC6)CC5)cc4Oc4cnc5[nH]ccc5c4)cc([N+](=O)[O-])c3C2)cc1. The van der Waals surface area contributed by atoms with Crippen LogP contribution in [0.4, 0.5) is 22.7 Å².